The zero-order valence-corrected chi connectivity index (χ0v) is 10.9. The van der Waals surface area contributed by atoms with Gasteiger partial charge >= 0.3 is 6.18 Å². The Bertz CT molecular complexity index is 664. The van der Waals surface area contributed by atoms with Crippen LogP contribution in [0.4, 0.5) is 22.0 Å². The molecule has 0 bridgehead atoms. The van der Waals surface area contributed by atoms with E-state index in [2.05, 4.69) is 0 Å². The van der Waals surface area contributed by atoms with E-state index in [1.54, 1.807) is 0 Å². The summed E-state index contributed by atoms with van der Waals surface area (Å²) in [6.07, 6.45) is -6.36. The van der Waals surface area contributed by atoms with E-state index in [0.29, 0.717) is 12.1 Å². The van der Waals surface area contributed by atoms with Gasteiger partial charge < -0.3 is 5.11 Å². The van der Waals surface area contributed by atoms with Gasteiger partial charge in [0.15, 0.2) is 0 Å². The first kappa shape index (κ1) is 15.4. The Morgan fingerprint density at radius 2 is 1.71 bits per heavy atom. The van der Waals surface area contributed by atoms with Crippen LogP contribution in [-0.4, -0.2) is 5.11 Å². The third kappa shape index (κ3) is 3.05. The molecule has 0 aliphatic heterocycles. The lowest BCUT2D eigenvalue weighted by Crippen LogP contribution is -2.10. The maximum atomic E-state index is 13.9. The van der Waals surface area contributed by atoms with Crippen molar-refractivity contribution < 1.29 is 27.1 Å². The van der Waals surface area contributed by atoms with Crippen molar-refractivity contribution in [2.45, 2.75) is 19.2 Å². The van der Waals surface area contributed by atoms with Gasteiger partial charge in [-0.3, -0.25) is 0 Å². The Morgan fingerprint density at radius 1 is 1.05 bits per heavy atom. The standard InChI is InChI=1S/C15H11F5O/c1-8-3-2-4-10(13(8)17)14(21)9-5-6-11(12(16)7-9)15(18,19)20/h2-7,14,21H,1H3. The van der Waals surface area contributed by atoms with Crippen molar-refractivity contribution in [2.24, 2.45) is 0 Å². The molecular weight excluding hydrogens is 291 g/mol. The molecule has 21 heavy (non-hydrogen) atoms. The van der Waals surface area contributed by atoms with Crippen LogP contribution in [0.2, 0.25) is 0 Å². The second kappa shape index (κ2) is 5.44. The summed E-state index contributed by atoms with van der Waals surface area (Å²) in [5.74, 6) is -2.18. The summed E-state index contributed by atoms with van der Waals surface area (Å²) in [4.78, 5) is 0. The number of aliphatic hydroxyl groups excluding tert-OH is 1. The van der Waals surface area contributed by atoms with Crippen LogP contribution in [0.5, 0.6) is 0 Å². The molecule has 1 nitrogen and oxygen atoms in total. The summed E-state index contributed by atoms with van der Waals surface area (Å²) < 4.78 is 64.7. The molecule has 2 rings (SSSR count). The highest BCUT2D eigenvalue weighted by Crippen LogP contribution is 2.34. The van der Waals surface area contributed by atoms with Gasteiger partial charge in [0.2, 0.25) is 0 Å². The van der Waals surface area contributed by atoms with Gasteiger partial charge in [-0.1, -0.05) is 24.3 Å². The fraction of sp³-hybridized carbons (Fsp3) is 0.200. The average Bonchev–Trinajstić information content (AvgIpc) is 2.39. The van der Waals surface area contributed by atoms with Crippen LogP contribution >= 0.6 is 0 Å². The van der Waals surface area contributed by atoms with E-state index in [-0.39, 0.29) is 16.7 Å². The predicted octanol–water partition coefficient (Wildman–Crippen LogP) is 4.37. The number of halogens is 5. The highest BCUT2D eigenvalue weighted by molar-refractivity contribution is 5.36. The van der Waals surface area contributed by atoms with Crippen molar-refractivity contribution in [3.05, 3.63) is 70.3 Å². The molecule has 0 spiro atoms. The van der Waals surface area contributed by atoms with Gasteiger partial charge in [0, 0.05) is 5.56 Å². The molecule has 0 aliphatic rings. The van der Waals surface area contributed by atoms with Gasteiger partial charge in [0.1, 0.15) is 17.7 Å². The van der Waals surface area contributed by atoms with Crippen molar-refractivity contribution in [2.75, 3.05) is 0 Å². The lowest BCUT2D eigenvalue weighted by Gasteiger charge is -2.15. The van der Waals surface area contributed by atoms with Crippen molar-refractivity contribution in [1.29, 1.82) is 0 Å². The minimum atomic E-state index is -4.82. The van der Waals surface area contributed by atoms with Crippen molar-refractivity contribution in [3.63, 3.8) is 0 Å². The summed E-state index contributed by atoms with van der Waals surface area (Å²) in [5.41, 5.74) is -1.42. The Kier molecular flexibility index (Phi) is 4.00. The number of hydrogen-bond acceptors (Lipinski definition) is 1. The number of hydrogen-bond donors (Lipinski definition) is 1. The van der Waals surface area contributed by atoms with Crippen LogP contribution in [-0.2, 0) is 6.18 Å². The van der Waals surface area contributed by atoms with Gasteiger partial charge in [-0.25, -0.2) is 8.78 Å². The molecule has 1 unspecified atom stereocenters. The Hall–Kier alpha value is -1.95. The quantitative estimate of drug-likeness (QED) is 0.817. The van der Waals surface area contributed by atoms with Crippen LogP contribution in [0, 0.1) is 18.6 Å². The smallest absolute Gasteiger partial charge is 0.384 e. The zero-order chi connectivity index (χ0) is 15.8. The normalized spacial score (nSPS) is 13.3. The third-order valence-corrected chi connectivity index (χ3v) is 3.13. The van der Waals surface area contributed by atoms with E-state index in [9.17, 15) is 27.1 Å². The average molecular weight is 302 g/mol. The summed E-state index contributed by atoms with van der Waals surface area (Å²) in [7, 11) is 0. The van der Waals surface area contributed by atoms with Crippen molar-refractivity contribution >= 4 is 0 Å². The number of benzene rings is 2. The number of aryl methyl sites for hydroxylation is 1. The van der Waals surface area contributed by atoms with E-state index in [4.69, 9.17) is 0 Å². The number of aliphatic hydroxyl groups is 1. The molecule has 0 heterocycles. The molecule has 0 fully saturated rings. The van der Waals surface area contributed by atoms with Crippen LogP contribution < -0.4 is 0 Å². The zero-order valence-electron chi connectivity index (χ0n) is 10.9. The van der Waals surface area contributed by atoms with Crippen LogP contribution in [0.25, 0.3) is 0 Å². The monoisotopic (exact) mass is 302 g/mol. The fourth-order valence-electron chi connectivity index (χ4n) is 1.99. The van der Waals surface area contributed by atoms with Gasteiger partial charge in [-0.15, -0.1) is 0 Å². The van der Waals surface area contributed by atoms with Gasteiger partial charge in [0.25, 0.3) is 0 Å². The minimum Gasteiger partial charge on any atom is -0.384 e. The lowest BCUT2D eigenvalue weighted by molar-refractivity contribution is -0.140. The molecule has 0 saturated carbocycles. The molecule has 112 valence electrons. The maximum absolute atomic E-state index is 13.9. The molecule has 1 atom stereocenters. The molecule has 2 aromatic carbocycles. The van der Waals surface area contributed by atoms with Crippen molar-refractivity contribution in [1.82, 2.24) is 0 Å². The van der Waals surface area contributed by atoms with Crippen molar-refractivity contribution in [3.8, 4) is 0 Å². The predicted molar refractivity (Wildman–Crippen MR) is 66.6 cm³/mol. The van der Waals surface area contributed by atoms with Gasteiger partial charge in [-0.2, -0.15) is 13.2 Å². The summed E-state index contributed by atoms with van der Waals surface area (Å²) in [6, 6.07) is 6.30. The SMILES string of the molecule is Cc1cccc(C(O)c2ccc(C(F)(F)F)c(F)c2)c1F. The van der Waals surface area contributed by atoms with E-state index in [0.717, 1.165) is 6.07 Å². The molecule has 0 amide bonds. The van der Waals surface area contributed by atoms with Gasteiger partial charge in [-0.05, 0) is 30.2 Å². The number of alkyl halides is 3. The molecule has 0 aromatic heterocycles. The highest BCUT2D eigenvalue weighted by Gasteiger charge is 2.34. The van der Waals surface area contributed by atoms with E-state index >= 15 is 0 Å². The first-order valence-corrected chi connectivity index (χ1v) is 6.01. The van der Waals surface area contributed by atoms with Crippen LogP contribution in [0.1, 0.15) is 28.4 Å². The second-order valence-electron chi connectivity index (χ2n) is 4.62. The Balaban J connectivity index is 2.43. The van der Waals surface area contributed by atoms with E-state index in [1.165, 1.54) is 25.1 Å². The summed E-state index contributed by atoms with van der Waals surface area (Å²) in [6.45, 7) is 1.49. The topological polar surface area (TPSA) is 20.2 Å². The molecule has 0 aliphatic carbocycles. The van der Waals surface area contributed by atoms with E-state index < -0.39 is 29.5 Å². The molecule has 6 heteroatoms. The number of rotatable bonds is 2. The van der Waals surface area contributed by atoms with Crippen LogP contribution in [0.15, 0.2) is 36.4 Å². The Labute approximate surface area is 117 Å². The first-order chi connectivity index (χ1) is 9.71. The molecule has 0 saturated heterocycles. The third-order valence-electron chi connectivity index (χ3n) is 3.13. The molecule has 2 aromatic rings. The van der Waals surface area contributed by atoms with Gasteiger partial charge in [0.05, 0.1) is 5.56 Å². The van der Waals surface area contributed by atoms with E-state index in [1.807, 2.05) is 0 Å². The summed E-state index contributed by atoms with van der Waals surface area (Å²) >= 11 is 0. The highest BCUT2D eigenvalue weighted by atomic mass is 19.4. The largest absolute Gasteiger partial charge is 0.419 e. The van der Waals surface area contributed by atoms with Crippen LogP contribution in [0.3, 0.4) is 0 Å². The molecule has 1 N–H and O–H groups in total. The molecular formula is C15H11F5O. The Morgan fingerprint density at radius 3 is 2.29 bits per heavy atom. The molecule has 0 radical (unpaired) electrons. The fourth-order valence-corrected chi connectivity index (χ4v) is 1.99. The summed E-state index contributed by atoms with van der Waals surface area (Å²) in [5, 5.41) is 10.0. The first-order valence-electron chi connectivity index (χ1n) is 6.01. The lowest BCUT2D eigenvalue weighted by atomic mass is 9.98. The minimum absolute atomic E-state index is 0.117. The second-order valence-corrected chi connectivity index (χ2v) is 4.62. The maximum Gasteiger partial charge on any atom is 0.419 e.